The summed E-state index contributed by atoms with van der Waals surface area (Å²) >= 11 is 0. The second kappa shape index (κ2) is 6.73. The highest BCUT2D eigenvalue weighted by atomic mass is 16.5. The number of rotatable bonds is 5. The third-order valence-electron chi connectivity index (χ3n) is 4.29. The monoisotopic (exact) mass is 299 g/mol. The predicted molar refractivity (Wildman–Crippen MR) is 82.5 cm³/mol. The molecule has 1 aliphatic rings. The molecule has 0 radical (unpaired) electrons. The first kappa shape index (κ1) is 14.8. The maximum atomic E-state index is 12.6. The van der Waals surface area contributed by atoms with Crippen molar-refractivity contribution in [3.63, 3.8) is 0 Å². The Morgan fingerprint density at radius 3 is 2.95 bits per heavy atom. The van der Waals surface area contributed by atoms with E-state index in [2.05, 4.69) is 10.1 Å². The maximum absolute atomic E-state index is 12.6. The van der Waals surface area contributed by atoms with Gasteiger partial charge >= 0.3 is 0 Å². The Kier molecular flexibility index (Phi) is 4.51. The first-order chi connectivity index (χ1) is 10.8. The number of aromatic nitrogens is 2. The van der Waals surface area contributed by atoms with Gasteiger partial charge in [-0.2, -0.15) is 0 Å². The molecular formula is C17H21N3O2. The maximum Gasteiger partial charge on any atom is 0.292 e. The van der Waals surface area contributed by atoms with Crippen LogP contribution in [0.2, 0.25) is 0 Å². The molecule has 1 fully saturated rings. The van der Waals surface area contributed by atoms with Crippen LogP contribution < -0.4 is 0 Å². The van der Waals surface area contributed by atoms with Gasteiger partial charge in [0, 0.05) is 31.0 Å². The fourth-order valence-electron chi connectivity index (χ4n) is 3.01. The lowest BCUT2D eigenvalue weighted by molar-refractivity contribution is 0.0688. The third-order valence-corrected chi connectivity index (χ3v) is 4.29. The molecular weight excluding hydrogens is 278 g/mol. The molecule has 0 aromatic carbocycles. The third kappa shape index (κ3) is 3.18. The molecule has 2 aromatic rings. The van der Waals surface area contributed by atoms with Crippen molar-refractivity contribution in [3.05, 3.63) is 47.6 Å². The minimum atomic E-state index is -0.0237. The fraction of sp³-hybridized carbons (Fsp3) is 0.471. The van der Waals surface area contributed by atoms with Crippen LogP contribution in [0.4, 0.5) is 0 Å². The zero-order valence-electron chi connectivity index (χ0n) is 12.9. The van der Waals surface area contributed by atoms with E-state index in [-0.39, 0.29) is 11.9 Å². The van der Waals surface area contributed by atoms with E-state index in [1.54, 1.807) is 6.07 Å². The molecule has 0 spiro atoms. The molecule has 0 saturated carbocycles. The SMILES string of the molecule is CCc1cc(C(=O)N2CCC[C@@H]2CCc2ccncc2)on1. The van der Waals surface area contributed by atoms with E-state index in [4.69, 9.17) is 4.52 Å². The molecule has 2 aromatic heterocycles. The molecule has 1 aliphatic heterocycles. The van der Waals surface area contributed by atoms with Crippen molar-refractivity contribution in [2.24, 2.45) is 0 Å². The van der Waals surface area contributed by atoms with Gasteiger partial charge in [-0.3, -0.25) is 9.78 Å². The first-order valence-electron chi connectivity index (χ1n) is 7.93. The summed E-state index contributed by atoms with van der Waals surface area (Å²) in [7, 11) is 0. The predicted octanol–water partition coefficient (Wildman–Crippen LogP) is 2.87. The largest absolute Gasteiger partial charge is 0.351 e. The van der Waals surface area contributed by atoms with Crippen LogP contribution in [0.3, 0.4) is 0 Å². The second-order valence-electron chi connectivity index (χ2n) is 5.72. The van der Waals surface area contributed by atoms with Gasteiger partial charge in [0.1, 0.15) is 0 Å². The Morgan fingerprint density at radius 2 is 2.23 bits per heavy atom. The average Bonchev–Trinajstić information content (AvgIpc) is 3.22. The molecule has 5 nitrogen and oxygen atoms in total. The van der Waals surface area contributed by atoms with Crippen LogP contribution in [-0.2, 0) is 12.8 Å². The number of carbonyl (C=O) groups is 1. The van der Waals surface area contributed by atoms with Crippen molar-refractivity contribution >= 4 is 5.91 Å². The number of hydrogen-bond acceptors (Lipinski definition) is 4. The summed E-state index contributed by atoms with van der Waals surface area (Å²) < 4.78 is 5.19. The molecule has 0 N–H and O–H groups in total. The normalized spacial score (nSPS) is 17.9. The highest BCUT2D eigenvalue weighted by Crippen LogP contribution is 2.24. The Labute approximate surface area is 130 Å². The summed E-state index contributed by atoms with van der Waals surface area (Å²) in [5.41, 5.74) is 2.10. The van der Waals surface area contributed by atoms with Crippen LogP contribution in [-0.4, -0.2) is 33.5 Å². The van der Waals surface area contributed by atoms with Gasteiger partial charge in [0.15, 0.2) is 0 Å². The lowest BCUT2D eigenvalue weighted by atomic mass is 10.0. The van der Waals surface area contributed by atoms with Crippen molar-refractivity contribution in [1.29, 1.82) is 0 Å². The molecule has 1 atom stereocenters. The van der Waals surface area contributed by atoms with E-state index >= 15 is 0 Å². The van der Waals surface area contributed by atoms with E-state index in [9.17, 15) is 4.79 Å². The molecule has 116 valence electrons. The number of pyridine rings is 1. The van der Waals surface area contributed by atoms with Gasteiger partial charge in [-0.15, -0.1) is 0 Å². The van der Waals surface area contributed by atoms with Crippen molar-refractivity contribution < 1.29 is 9.32 Å². The summed E-state index contributed by atoms with van der Waals surface area (Å²) in [6, 6.07) is 6.12. The Bertz CT molecular complexity index is 624. The number of carbonyl (C=O) groups excluding carboxylic acids is 1. The van der Waals surface area contributed by atoms with E-state index in [0.29, 0.717) is 5.76 Å². The Morgan fingerprint density at radius 1 is 1.41 bits per heavy atom. The van der Waals surface area contributed by atoms with E-state index in [1.165, 1.54) is 5.56 Å². The number of likely N-dealkylation sites (tertiary alicyclic amines) is 1. The summed E-state index contributed by atoms with van der Waals surface area (Å²) in [5, 5.41) is 3.92. The first-order valence-corrected chi connectivity index (χ1v) is 7.93. The van der Waals surface area contributed by atoms with Gasteiger partial charge in [0.25, 0.3) is 5.91 Å². The summed E-state index contributed by atoms with van der Waals surface area (Å²) in [6.45, 7) is 2.81. The number of nitrogens with zero attached hydrogens (tertiary/aromatic N) is 3. The van der Waals surface area contributed by atoms with Crippen LogP contribution in [0, 0.1) is 0 Å². The van der Waals surface area contributed by atoms with Gasteiger partial charge in [0.05, 0.1) is 5.69 Å². The van der Waals surface area contributed by atoms with Gasteiger partial charge in [-0.25, -0.2) is 0 Å². The quantitative estimate of drug-likeness (QED) is 0.852. The smallest absolute Gasteiger partial charge is 0.292 e. The zero-order valence-corrected chi connectivity index (χ0v) is 12.9. The standard InChI is InChI=1S/C17H21N3O2/c1-2-14-12-16(22-19-14)17(21)20-11-3-4-15(20)6-5-13-7-9-18-10-8-13/h7-10,12,15H,2-6,11H2,1H3/t15-/m1/s1. The molecule has 3 rings (SSSR count). The van der Waals surface area contributed by atoms with E-state index in [1.807, 2.05) is 36.4 Å². The van der Waals surface area contributed by atoms with Crippen LogP contribution in [0.25, 0.3) is 0 Å². The van der Waals surface area contributed by atoms with E-state index < -0.39 is 0 Å². The minimum absolute atomic E-state index is 0.0237. The summed E-state index contributed by atoms with van der Waals surface area (Å²) in [5.74, 6) is 0.345. The molecule has 0 unspecified atom stereocenters. The molecule has 5 heteroatoms. The highest BCUT2D eigenvalue weighted by Gasteiger charge is 2.31. The molecule has 0 aliphatic carbocycles. The Balaban J connectivity index is 1.63. The lowest BCUT2D eigenvalue weighted by Gasteiger charge is -2.23. The zero-order chi connectivity index (χ0) is 15.4. The number of hydrogen-bond donors (Lipinski definition) is 0. The van der Waals surface area contributed by atoms with Gasteiger partial charge in [-0.05, 0) is 49.8 Å². The van der Waals surface area contributed by atoms with Crippen LogP contribution in [0.15, 0.2) is 35.1 Å². The average molecular weight is 299 g/mol. The van der Waals surface area contributed by atoms with Crippen LogP contribution in [0.5, 0.6) is 0 Å². The molecule has 22 heavy (non-hydrogen) atoms. The van der Waals surface area contributed by atoms with E-state index in [0.717, 1.165) is 44.3 Å². The highest BCUT2D eigenvalue weighted by molar-refractivity contribution is 5.91. The fourth-order valence-corrected chi connectivity index (χ4v) is 3.01. The van der Waals surface area contributed by atoms with Crippen LogP contribution >= 0.6 is 0 Å². The van der Waals surface area contributed by atoms with Crippen molar-refractivity contribution in [3.8, 4) is 0 Å². The number of amides is 1. The lowest BCUT2D eigenvalue weighted by Crippen LogP contribution is -2.35. The summed E-state index contributed by atoms with van der Waals surface area (Å²) in [4.78, 5) is 18.6. The molecule has 1 saturated heterocycles. The van der Waals surface area contributed by atoms with Gasteiger partial charge in [0.2, 0.25) is 5.76 Å². The summed E-state index contributed by atoms with van der Waals surface area (Å²) in [6.07, 6.45) is 8.47. The molecule has 1 amide bonds. The molecule has 0 bridgehead atoms. The van der Waals surface area contributed by atoms with Crippen molar-refractivity contribution in [2.45, 2.75) is 45.1 Å². The van der Waals surface area contributed by atoms with Gasteiger partial charge in [-0.1, -0.05) is 12.1 Å². The second-order valence-corrected chi connectivity index (χ2v) is 5.72. The topological polar surface area (TPSA) is 59.2 Å². The number of aryl methyl sites for hydroxylation is 2. The molecule has 3 heterocycles. The van der Waals surface area contributed by atoms with Crippen LogP contribution in [0.1, 0.15) is 48.0 Å². The van der Waals surface area contributed by atoms with Gasteiger partial charge < -0.3 is 9.42 Å². The van der Waals surface area contributed by atoms with Crippen molar-refractivity contribution in [1.82, 2.24) is 15.0 Å². The Hall–Kier alpha value is -2.17. The van der Waals surface area contributed by atoms with Crippen molar-refractivity contribution in [2.75, 3.05) is 6.54 Å². The minimum Gasteiger partial charge on any atom is -0.351 e.